The molecule has 0 fully saturated rings. The van der Waals surface area contributed by atoms with Crippen LogP contribution in [-0.2, 0) is 0 Å². The summed E-state index contributed by atoms with van der Waals surface area (Å²) < 4.78 is 1.22. The molecule has 2 nitrogen and oxygen atoms in total. The second kappa shape index (κ2) is 17.0. The lowest BCUT2D eigenvalue weighted by Crippen LogP contribution is -2.11. The zero-order chi connectivity index (χ0) is 43.8. The van der Waals surface area contributed by atoms with Crippen molar-refractivity contribution in [3.63, 3.8) is 0 Å². The molecule has 0 N–H and O–H groups in total. The number of rotatable bonds is 9. The molecule has 0 amide bonds. The minimum absolute atomic E-state index is 1.03. The van der Waals surface area contributed by atoms with E-state index in [-0.39, 0.29) is 0 Å². The molecule has 0 aliphatic rings. The summed E-state index contributed by atoms with van der Waals surface area (Å²) in [6.45, 7) is 0. The van der Waals surface area contributed by atoms with Crippen molar-refractivity contribution in [1.82, 2.24) is 4.98 Å². The Morgan fingerprint density at radius 2 is 0.788 bits per heavy atom. The van der Waals surface area contributed by atoms with Crippen molar-refractivity contribution in [3.8, 4) is 66.2 Å². The van der Waals surface area contributed by atoms with Crippen LogP contribution in [-0.4, -0.2) is 4.98 Å². The first kappa shape index (κ1) is 39.2. The number of benzene rings is 11. The number of hydrogen-bond donors (Lipinski definition) is 0. The summed E-state index contributed by atoms with van der Waals surface area (Å²) in [7, 11) is 0. The van der Waals surface area contributed by atoms with Gasteiger partial charge in [-0.3, -0.25) is 0 Å². The lowest BCUT2D eigenvalue weighted by Gasteiger charge is -2.28. The van der Waals surface area contributed by atoms with Gasteiger partial charge in [0.25, 0.3) is 0 Å². The normalized spacial score (nSPS) is 11.3. The lowest BCUT2D eigenvalue weighted by atomic mass is 9.92. The minimum atomic E-state index is 1.03. The molecule has 0 radical (unpaired) electrons. The average Bonchev–Trinajstić information content (AvgIpc) is 3.85. The molecule has 0 bridgehead atoms. The highest BCUT2D eigenvalue weighted by Crippen LogP contribution is 2.44. The molecule has 0 aliphatic heterocycles. The number of anilines is 3. The quantitative estimate of drug-likeness (QED) is 0.134. The fourth-order valence-electron chi connectivity index (χ4n) is 9.44. The first-order valence-corrected chi connectivity index (χ1v) is 23.3. The average molecular weight is 859 g/mol. The Balaban J connectivity index is 0.878. The number of fused-ring (bicyclic) bond motifs is 5. The highest BCUT2D eigenvalue weighted by atomic mass is 32.1. The molecule has 66 heavy (non-hydrogen) atoms. The third-order valence-electron chi connectivity index (χ3n) is 12.7. The minimum Gasteiger partial charge on any atom is -0.310 e. The van der Waals surface area contributed by atoms with Crippen LogP contribution >= 0.6 is 11.3 Å². The van der Waals surface area contributed by atoms with Crippen LogP contribution in [0.3, 0.4) is 0 Å². The molecule has 0 spiro atoms. The Morgan fingerprint density at radius 1 is 0.318 bits per heavy atom. The molecule has 3 heteroatoms. The van der Waals surface area contributed by atoms with Gasteiger partial charge in [-0.15, -0.1) is 11.3 Å². The van der Waals surface area contributed by atoms with Gasteiger partial charge in [-0.05, 0) is 109 Å². The predicted molar refractivity (Wildman–Crippen MR) is 282 cm³/mol. The Morgan fingerprint density at radius 3 is 1.45 bits per heavy atom. The van der Waals surface area contributed by atoms with Crippen LogP contribution < -0.4 is 4.90 Å². The molecular formula is C63H42N2S. The van der Waals surface area contributed by atoms with Gasteiger partial charge < -0.3 is 4.90 Å². The molecule has 0 unspecified atom stereocenters. The van der Waals surface area contributed by atoms with E-state index in [1.54, 1.807) is 11.3 Å². The SMILES string of the molecule is c1ccc(-c2ccc(N(c3ccc(-c4ccc(-c5cccc6ccc7c(ccc8nc(-c9cccc(-c%10ccccc%10)c9)sc87)c56)cc4)cc3)c3ccccc3-c3ccccc3)cc2)cc1. The third-order valence-corrected chi connectivity index (χ3v) is 13.9. The van der Waals surface area contributed by atoms with E-state index in [1.165, 1.54) is 81.9 Å². The zero-order valence-electron chi connectivity index (χ0n) is 36.1. The monoisotopic (exact) mass is 858 g/mol. The van der Waals surface area contributed by atoms with Gasteiger partial charge in [-0.1, -0.05) is 212 Å². The Bertz CT molecular complexity index is 3650. The molecular weight excluding hydrogens is 817 g/mol. The maximum atomic E-state index is 5.16. The second-order valence-electron chi connectivity index (χ2n) is 16.7. The maximum Gasteiger partial charge on any atom is 0.124 e. The standard InChI is InChI=1S/C63H42N2S/c1-4-14-43(15-5-1)46-30-35-53(36-31-46)65(60-25-11-10-23-55(60)48-18-8-3-9-19-48)54-37-32-47(33-38-54)45-26-28-49(29-27-45)56-24-13-20-50-34-39-58-57(61(50)56)40-41-59-62(58)66-63(64-59)52-22-12-21-51(42-52)44-16-6-2-7-17-44/h1-42H. The van der Waals surface area contributed by atoms with Crippen LogP contribution in [0.2, 0.25) is 0 Å². The van der Waals surface area contributed by atoms with E-state index in [2.05, 4.69) is 260 Å². The summed E-state index contributed by atoms with van der Waals surface area (Å²) in [5.74, 6) is 0. The number of thiazole rings is 1. The van der Waals surface area contributed by atoms with Crippen LogP contribution in [0.1, 0.15) is 0 Å². The van der Waals surface area contributed by atoms with E-state index < -0.39 is 0 Å². The molecule has 12 aromatic rings. The smallest absolute Gasteiger partial charge is 0.124 e. The van der Waals surface area contributed by atoms with Crippen molar-refractivity contribution in [3.05, 3.63) is 255 Å². The van der Waals surface area contributed by atoms with Crippen molar-refractivity contribution < 1.29 is 0 Å². The van der Waals surface area contributed by atoms with E-state index in [4.69, 9.17) is 4.98 Å². The van der Waals surface area contributed by atoms with Crippen LogP contribution in [0, 0.1) is 0 Å². The van der Waals surface area contributed by atoms with Crippen LogP contribution in [0.25, 0.3) is 98.0 Å². The van der Waals surface area contributed by atoms with Crippen molar-refractivity contribution in [2.75, 3.05) is 4.90 Å². The molecule has 1 aromatic heterocycles. The van der Waals surface area contributed by atoms with Gasteiger partial charge in [0.05, 0.1) is 15.9 Å². The summed E-state index contributed by atoms with van der Waals surface area (Å²) in [5, 5.41) is 6.01. The summed E-state index contributed by atoms with van der Waals surface area (Å²) in [6, 6.07) is 91.9. The Labute approximate surface area is 389 Å². The second-order valence-corrected chi connectivity index (χ2v) is 17.7. The van der Waals surface area contributed by atoms with E-state index >= 15 is 0 Å². The van der Waals surface area contributed by atoms with Gasteiger partial charge in [0.15, 0.2) is 0 Å². The summed E-state index contributed by atoms with van der Waals surface area (Å²) in [6.07, 6.45) is 0. The predicted octanol–water partition coefficient (Wildman–Crippen LogP) is 18.1. The Kier molecular flexibility index (Phi) is 10.1. The molecule has 11 aromatic carbocycles. The number of hydrogen-bond acceptors (Lipinski definition) is 3. The number of para-hydroxylation sites is 1. The van der Waals surface area contributed by atoms with Crippen molar-refractivity contribution in [2.45, 2.75) is 0 Å². The lowest BCUT2D eigenvalue weighted by molar-refractivity contribution is 1.28. The van der Waals surface area contributed by atoms with Crippen LogP contribution in [0.15, 0.2) is 255 Å². The highest BCUT2D eigenvalue weighted by Gasteiger charge is 2.18. The Hall–Kier alpha value is -8.37. The molecule has 0 atom stereocenters. The van der Waals surface area contributed by atoms with Gasteiger partial charge in [0.1, 0.15) is 5.01 Å². The summed E-state index contributed by atoms with van der Waals surface area (Å²) in [5.41, 5.74) is 17.4. The van der Waals surface area contributed by atoms with Gasteiger partial charge in [0, 0.05) is 27.9 Å². The first-order chi connectivity index (χ1) is 32.7. The van der Waals surface area contributed by atoms with Crippen LogP contribution in [0.4, 0.5) is 17.1 Å². The van der Waals surface area contributed by atoms with Crippen molar-refractivity contribution >= 4 is 60.2 Å². The van der Waals surface area contributed by atoms with E-state index in [9.17, 15) is 0 Å². The first-order valence-electron chi connectivity index (χ1n) is 22.4. The molecule has 0 aliphatic carbocycles. The van der Waals surface area contributed by atoms with Crippen molar-refractivity contribution in [1.29, 1.82) is 0 Å². The largest absolute Gasteiger partial charge is 0.310 e. The van der Waals surface area contributed by atoms with Gasteiger partial charge in [-0.2, -0.15) is 0 Å². The van der Waals surface area contributed by atoms with E-state index in [0.29, 0.717) is 0 Å². The zero-order valence-corrected chi connectivity index (χ0v) is 36.9. The highest BCUT2D eigenvalue weighted by molar-refractivity contribution is 7.22. The molecule has 0 saturated carbocycles. The maximum absolute atomic E-state index is 5.16. The number of aromatic nitrogens is 1. The summed E-state index contributed by atoms with van der Waals surface area (Å²) >= 11 is 1.78. The fourth-order valence-corrected chi connectivity index (χ4v) is 10.5. The molecule has 12 rings (SSSR count). The van der Waals surface area contributed by atoms with Crippen LogP contribution in [0.5, 0.6) is 0 Å². The van der Waals surface area contributed by atoms with Gasteiger partial charge in [-0.25, -0.2) is 4.98 Å². The number of nitrogens with zero attached hydrogens (tertiary/aromatic N) is 2. The molecule has 310 valence electrons. The molecule has 1 heterocycles. The van der Waals surface area contributed by atoms with Gasteiger partial charge >= 0.3 is 0 Å². The fraction of sp³-hybridized carbons (Fsp3) is 0. The van der Waals surface area contributed by atoms with Crippen molar-refractivity contribution in [2.24, 2.45) is 0 Å². The topological polar surface area (TPSA) is 16.1 Å². The van der Waals surface area contributed by atoms with Gasteiger partial charge in [0.2, 0.25) is 0 Å². The van der Waals surface area contributed by atoms with E-state index in [1.807, 2.05) is 0 Å². The van der Waals surface area contributed by atoms with E-state index in [0.717, 1.165) is 33.1 Å². The third kappa shape index (κ3) is 7.32. The molecule has 0 saturated heterocycles. The summed E-state index contributed by atoms with van der Waals surface area (Å²) in [4.78, 5) is 7.53.